The molecule has 9 nitrogen and oxygen atoms in total. The number of anilines is 2. The van der Waals surface area contributed by atoms with E-state index in [4.69, 9.17) is 9.72 Å². The lowest BCUT2D eigenvalue weighted by atomic mass is 9.96. The Morgan fingerprint density at radius 1 is 1.11 bits per heavy atom. The molecule has 2 fully saturated rings. The first-order valence-electron chi connectivity index (χ1n) is 13.3. The van der Waals surface area contributed by atoms with E-state index >= 15 is 0 Å². The van der Waals surface area contributed by atoms with Crippen molar-refractivity contribution in [1.82, 2.24) is 25.2 Å². The van der Waals surface area contributed by atoms with E-state index in [-0.39, 0.29) is 17.9 Å². The van der Waals surface area contributed by atoms with Crippen molar-refractivity contribution in [1.29, 1.82) is 0 Å². The van der Waals surface area contributed by atoms with Crippen LogP contribution in [-0.2, 0) is 9.53 Å². The third kappa shape index (κ3) is 5.83. The Hall–Kier alpha value is -3.30. The third-order valence-corrected chi connectivity index (χ3v) is 7.47. The summed E-state index contributed by atoms with van der Waals surface area (Å²) < 4.78 is 5.82. The normalized spacial score (nSPS) is 19.3. The summed E-state index contributed by atoms with van der Waals surface area (Å²) in [6, 6.07) is 10.5. The summed E-state index contributed by atoms with van der Waals surface area (Å²) in [7, 11) is 0. The van der Waals surface area contributed by atoms with Crippen LogP contribution >= 0.6 is 0 Å². The molecular formula is C28H37N7O2. The molecule has 0 bridgehead atoms. The van der Waals surface area contributed by atoms with E-state index in [0.717, 1.165) is 79.7 Å². The number of fused-ring (bicyclic) bond motifs is 1. The number of benzene rings is 1. The van der Waals surface area contributed by atoms with Gasteiger partial charge in [0.05, 0.1) is 23.9 Å². The Morgan fingerprint density at radius 3 is 2.57 bits per heavy atom. The Balaban J connectivity index is 1.28. The van der Waals surface area contributed by atoms with E-state index in [1.807, 2.05) is 17.9 Å². The van der Waals surface area contributed by atoms with Gasteiger partial charge in [-0.05, 0) is 24.1 Å². The zero-order valence-corrected chi connectivity index (χ0v) is 22.0. The molecule has 1 aromatic carbocycles. The molecule has 2 unspecified atom stereocenters. The quantitative estimate of drug-likeness (QED) is 0.508. The predicted molar refractivity (Wildman–Crippen MR) is 147 cm³/mol. The number of morpholine rings is 1. The number of amides is 1. The van der Waals surface area contributed by atoms with Crippen LogP contribution in [-0.4, -0.2) is 84.3 Å². The van der Waals surface area contributed by atoms with Gasteiger partial charge in [-0.15, -0.1) is 0 Å². The van der Waals surface area contributed by atoms with Crippen molar-refractivity contribution in [2.45, 2.75) is 26.9 Å². The Kier molecular flexibility index (Phi) is 7.81. The molecule has 0 spiro atoms. The van der Waals surface area contributed by atoms with Gasteiger partial charge >= 0.3 is 0 Å². The molecule has 3 aromatic rings. The largest absolute Gasteiger partial charge is 0.374 e. The van der Waals surface area contributed by atoms with Gasteiger partial charge < -0.3 is 25.2 Å². The topological polar surface area (TPSA) is 95.5 Å². The first-order valence-corrected chi connectivity index (χ1v) is 13.3. The minimum Gasteiger partial charge on any atom is -0.374 e. The molecule has 9 heteroatoms. The third-order valence-electron chi connectivity index (χ3n) is 7.47. The van der Waals surface area contributed by atoms with Gasteiger partial charge in [0.2, 0.25) is 5.91 Å². The highest BCUT2D eigenvalue weighted by molar-refractivity contribution is 5.88. The van der Waals surface area contributed by atoms with Crippen LogP contribution in [0.3, 0.4) is 0 Å². The average Bonchev–Trinajstić information content (AvgIpc) is 2.95. The molecule has 0 radical (unpaired) electrons. The lowest BCUT2D eigenvalue weighted by molar-refractivity contribution is -0.136. The van der Waals surface area contributed by atoms with Gasteiger partial charge in [0.25, 0.3) is 0 Å². The second kappa shape index (κ2) is 11.4. The molecule has 2 aliphatic rings. The number of carbonyl (C=O) groups is 1. The number of ether oxygens (including phenoxy) is 1. The lowest BCUT2D eigenvalue weighted by Gasteiger charge is -2.37. The maximum absolute atomic E-state index is 12.7. The minimum atomic E-state index is 0.0659. The summed E-state index contributed by atoms with van der Waals surface area (Å²) in [5, 5.41) is 6.80. The van der Waals surface area contributed by atoms with Crippen LogP contribution in [0.4, 0.5) is 11.5 Å². The molecular weight excluding hydrogens is 466 g/mol. The molecule has 4 heterocycles. The van der Waals surface area contributed by atoms with Crippen molar-refractivity contribution in [3.05, 3.63) is 42.7 Å². The molecule has 5 rings (SSSR count). The van der Waals surface area contributed by atoms with Crippen molar-refractivity contribution >= 4 is 28.4 Å². The molecule has 2 saturated heterocycles. The number of aromatic nitrogens is 3. The smallest absolute Gasteiger partial charge is 0.225 e. The van der Waals surface area contributed by atoms with Crippen LogP contribution in [0.1, 0.15) is 20.8 Å². The summed E-state index contributed by atoms with van der Waals surface area (Å²) in [5.74, 6) is 1.42. The van der Waals surface area contributed by atoms with Gasteiger partial charge in [0, 0.05) is 75.4 Å². The zero-order chi connectivity index (χ0) is 25.8. The van der Waals surface area contributed by atoms with Crippen LogP contribution in [0, 0.1) is 11.8 Å². The van der Waals surface area contributed by atoms with E-state index in [9.17, 15) is 4.79 Å². The number of piperazine rings is 1. The van der Waals surface area contributed by atoms with E-state index in [1.54, 1.807) is 12.4 Å². The molecule has 2 aromatic heterocycles. The molecule has 0 saturated carbocycles. The SMILES string of the molecule is CC(C)C(C)C(=O)N1CCN(c2ccc(-c3cc4nccnc4c(NCC4CNCCO4)n3)cc2)CC1. The van der Waals surface area contributed by atoms with E-state index < -0.39 is 0 Å². The second-order valence-electron chi connectivity index (χ2n) is 10.2. The number of hydrogen-bond donors (Lipinski definition) is 2. The first kappa shape index (κ1) is 25.4. The molecule has 196 valence electrons. The summed E-state index contributed by atoms with van der Waals surface area (Å²) >= 11 is 0. The highest BCUT2D eigenvalue weighted by atomic mass is 16.5. The van der Waals surface area contributed by atoms with E-state index in [0.29, 0.717) is 12.5 Å². The molecule has 2 N–H and O–H groups in total. The number of carbonyl (C=O) groups excluding carboxylic acids is 1. The Morgan fingerprint density at radius 2 is 1.86 bits per heavy atom. The van der Waals surface area contributed by atoms with Gasteiger partial charge in [0.1, 0.15) is 5.52 Å². The van der Waals surface area contributed by atoms with Crippen LogP contribution in [0.25, 0.3) is 22.3 Å². The fraction of sp³-hybridized carbons (Fsp3) is 0.500. The maximum Gasteiger partial charge on any atom is 0.225 e. The van der Waals surface area contributed by atoms with E-state index in [1.165, 1.54) is 0 Å². The minimum absolute atomic E-state index is 0.0659. The Labute approximate surface area is 218 Å². The van der Waals surface area contributed by atoms with Crippen molar-refractivity contribution in [3.8, 4) is 11.3 Å². The van der Waals surface area contributed by atoms with Gasteiger partial charge in [0.15, 0.2) is 5.82 Å². The lowest BCUT2D eigenvalue weighted by Crippen LogP contribution is -2.50. The van der Waals surface area contributed by atoms with Crippen LogP contribution in [0.15, 0.2) is 42.7 Å². The molecule has 1 amide bonds. The van der Waals surface area contributed by atoms with Crippen molar-refractivity contribution < 1.29 is 9.53 Å². The van der Waals surface area contributed by atoms with Gasteiger partial charge in [-0.1, -0.05) is 32.9 Å². The van der Waals surface area contributed by atoms with Crippen molar-refractivity contribution in [3.63, 3.8) is 0 Å². The van der Waals surface area contributed by atoms with Crippen molar-refractivity contribution in [2.75, 3.05) is 62.6 Å². The molecule has 2 aliphatic heterocycles. The number of pyridine rings is 1. The van der Waals surface area contributed by atoms with Crippen LogP contribution in [0.5, 0.6) is 0 Å². The molecule has 2 atom stereocenters. The number of rotatable bonds is 7. The predicted octanol–water partition coefficient (Wildman–Crippen LogP) is 3.03. The molecule has 37 heavy (non-hydrogen) atoms. The van der Waals surface area contributed by atoms with Crippen LogP contribution < -0.4 is 15.5 Å². The van der Waals surface area contributed by atoms with Crippen molar-refractivity contribution in [2.24, 2.45) is 11.8 Å². The first-order chi connectivity index (χ1) is 18.0. The Bertz CT molecular complexity index is 1200. The van der Waals surface area contributed by atoms with Gasteiger partial charge in [-0.2, -0.15) is 0 Å². The highest BCUT2D eigenvalue weighted by Crippen LogP contribution is 2.28. The summed E-state index contributed by atoms with van der Waals surface area (Å²) in [6.45, 7) is 12.5. The monoisotopic (exact) mass is 503 g/mol. The van der Waals surface area contributed by atoms with Gasteiger partial charge in [-0.3, -0.25) is 9.78 Å². The maximum atomic E-state index is 12.7. The fourth-order valence-electron chi connectivity index (χ4n) is 4.81. The second-order valence-corrected chi connectivity index (χ2v) is 10.2. The fourth-order valence-corrected chi connectivity index (χ4v) is 4.81. The van der Waals surface area contributed by atoms with Gasteiger partial charge in [-0.25, -0.2) is 9.97 Å². The number of hydrogen-bond acceptors (Lipinski definition) is 8. The number of nitrogens with zero attached hydrogens (tertiary/aromatic N) is 5. The van der Waals surface area contributed by atoms with E-state index in [2.05, 4.69) is 63.6 Å². The average molecular weight is 504 g/mol. The zero-order valence-electron chi connectivity index (χ0n) is 22.0. The van der Waals surface area contributed by atoms with Crippen LogP contribution in [0.2, 0.25) is 0 Å². The highest BCUT2D eigenvalue weighted by Gasteiger charge is 2.26. The number of nitrogens with one attached hydrogen (secondary N) is 2. The summed E-state index contributed by atoms with van der Waals surface area (Å²) in [6.07, 6.45) is 3.49. The standard InChI is InChI=1S/C28H37N7O2/c1-19(2)20(3)28(36)35-13-11-34(12-14-35)22-6-4-21(5-7-22)24-16-25-26(31-9-8-30-25)27(33-24)32-18-23-17-29-10-15-37-23/h4-9,16,19-20,23,29H,10-15,17-18H2,1-3H3,(H,32,33). The summed E-state index contributed by atoms with van der Waals surface area (Å²) in [4.78, 5) is 31.0. The molecule has 0 aliphatic carbocycles. The summed E-state index contributed by atoms with van der Waals surface area (Å²) in [5.41, 5.74) is 4.59.